The quantitative estimate of drug-likeness (QED) is 0.283. The highest BCUT2D eigenvalue weighted by Crippen LogP contribution is 2.27. The predicted octanol–water partition coefficient (Wildman–Crippen LogP) is 5.72. The molecule has 3 aromatic carbocycles. The molecule has 10 heteroatoms. The highest BCUT2D eigenvalue weighted by atomic mass is 35.5. The molecule has 0 aromatic heterocycles. The lowest BCUT2D eigenvalue weighted by Gasteiger charge is -2.32. The van der Waals surface area contributed by atoms with E-state index in [4.69, 9.17) is 16.3 Å². The minimum Gasteiger partial charge on any atom is -0.494 e. The van der Waals surface area contributed by atoms with Gasteiger partial charge in [-0.3, -0.25) is 13.9 Å². The largest absolute Gasteiger partial charge is 0.494 e. The Hall–Kier alpha value is -3.56. The molecule has 8 nitrogen and oxygen atoms in total. The van der Waals surface area contributed by atoms with Gasteiger partial charge in [-0.25, -0.2) is 8.42 Å². The lowest BCUT2D eigenvalue weighted by Crippen LogP contribution is -2.52. The third kappa shape index (κ3) is 7.83. The summed E-state index contributed by atoms with van der Waals surface area (Å²) in [5.74, 6) is -0.208. The van der Waals surface area contributed by atoms with E-state index in [1.54, 1.807) is 61.5 Å². The molecule has 42 heavy (non-hydrogen) atoms. The number of amides is 2. The lowest BCUT2D eigenvalue weighted by molar-refractivity contribution is -0.139. The van der Waals surface area contributed by atoms with Gasteiger partial charge in [0.05, 0.1) is 17.2 Å². The summed E-state index contributed by atoms with van der Waals surface area (Å²) in [4.78, 5) is 28.9. The van der Waals surface area contributed by atoms with Crippen molar-refractivity contribution in [3.05, 3.63) is 88.9 Å². The van der Waals surface area contributed by atoms with Crippen molar-refractivity contribution in [2.75, 3.05) is 17.5 Å². The number of aryl methyl sites for hydroxylation is 1. The zero-order chi connectivity index (χ0) is 30.3. The molecule has 0 aliphatic heterocycles. The number of nitrogens with zero attached hydrogens (tertiary/aromatic N) is 2. The van der Waals surface area contributed by atoms with E-state index >= 15 is 0 Å². The highest BCUT2D eigenvalue weighted by Gasteiger charge is 2.33. The smallest absolute Gasteiger partial charge is 0.264 e. The molecule has 4 rings (SSSR count). The lowest BCUT2D eigenvalue weighted by atomic mass is 10.1. The fourth-order valence-electron chi connectivity index (χ4n) is 5.05. The normalized spacial score (nSPS) is 14.3. The summed E-state index contributed by atoms with van der Waals surface area (Å²) >= 11 is 6.22. The maximum absolute atomic E-state index is 14.1. The number of sulfonamides is 1. The van der Waals surface area contributed by atoms with Crippen LogP contribution in [0.4, 0.5) is 5.69 Å². The SMILES string of the molecule is CCOc1ccc(N(CC(=O)N(Cc2cccc(Cl)c2)[C@H](C)C(=O)NC2CCCC2)S(=O)(=O)c2ccc(C)cc2)cc1. The first kappa shape index (κ1) is 31.4. The molecule has 1 aliphatic rings. The fraction of sp³-hybridized carbons (Fsp3) is 0.375. The number of halogens is 1. The number of hydrogen-bond donors (Lipinski definition) is 1. The maximum Gasteiger partial charge on any atom is 0.264 e. The standard InChI is InChI=1S/C32H38ClN3O5S/c1-4-41-29-16-14-28(15-17-29)36(42(39,40)30-18-12-23(2)13-19-30)22-31(37)35(21-25-8-7-9-26(33)20-25)24(3)32(38)34-27-10-5-6-11-27/h7-9,12-20,24,27H,4-6,10-11,21-22H2,1-3H3,(H,34,38)/t24-/m1/s1. The Kier molecular flexibility index (Phi) is 10.5. The van der Waals surface area contributed by atoms with E-state index in [-0.39, 0.29) is 23.4 Å². The van der Waals surface area contributed by atoms with Crippen molar-refractivity contribution in [1.29, 1.82) is 0 Å². The van der Waals surface area contributed by atoms with Gasteiger partial charge in [0.1, 0.15) is 18.3 Å². The van der Waals surface area contributed by atoms with Crippen LogP contribution in [-0.4, -0.2) is 50.4 Å². The molecule has 1 aliphatic carbocycles. The molecule has 1 saturated carbocycles. The Morgan fingerprint density at radius 3 is 2.31 bits per heavy atom. The Morgan fingerprint density at radius 2 is 1.69 bits per heavy atom. The van der Waals surface area contributed by atoms with Gasteiger partial charge >= 0.3 is 0 Å². The molecule has 1 atom stereocenters. The number of hydrogen-bond acceptors (Lipinski definition) is 5. The van der Waals surface area contributed by atoms with E-state index in [0.717, 1.165) is 41.1 Å². The van der Waals surface area contributed by atoms with Gasteiger partial charge in [0.2, 0.25) is 11.8 Å². The van der Waals surface area contributed by atoms with Gasteiger partial charge in [0, 0.05) is 17.6 Å². The Balaban J connectivity index is 1.69. The molecular formula is C32H38ClN3O5S. The van der Waals surface area contributed by atoms with Gasteiger partial charge in [-0.1, -0.05) is 54.3 Å². The van der Waals surface area contributed by atoms with E-state index in [0.29, 0.717) is 23.1 Å². The first-order valence-electron chi connectivity index (χ1n) is 14.2. The average Bonchev–Trinajstić information content (AvgIpc) is 3.48. The van der Waals surface area contributed by atoms with Crippen LogP contribution < -0.4 is 14.4 Å². The monoisotopic (exact) mass is 611 g/mol. The molecule has 1 N–H and O–H groups in total. The topological polar surface area (TPSA) is 96.0 Å². The van der Waals surface area contributed by atoms with Crippen LogP contribution in [0.25, 0.3) is 0 Å². The third-order valence-corrected chi connectivity index (χ3v) is 9.46. The molecular weight excluding hydrogens is 574 g/mol. The number of carbonyl (C=O) groups is 2. The van der Waals surface area contributed by atoms with Crippen molar-refractivity contribution < 1.29 is 22.7 Å². The molecule has 3 aromatic rings. The number of nitrogens with one attached hydrogen (secondary N) is 1. The van der Waals surface area contributed by atoms with Gasteiger partial charge in [0.15, 0.2) is 0 Å². The Morgan fingerprint density at radius 1 is 1.02 bits per heavy atom. The van der Waals surface area contributed by atoms with Crippen LogP contribution in [0.3, 0.4) is 0 Å². The summed E-state index contributed by atoms with van der Waals surface area (Å²) in [6, 6.07) is 19.3. The summed E-state index contributed by atoms with van der Waals surface area (Å²) < 4.78 is 34.6. The van der Waals surface area contributed by atoms with Crippen LogP contribution in [0.2, 0.25) is 5.02 Å². The molecule has 1 fully saturated rings. The van der Waals surface area contributed by atoms with Crippen LogP contribution in [0.1, 0.15) is 50.7 Å². The minimum atomic E-state index is -4.15. The summed E-state index contributed by atoms with van der Waals surface area (Å²) in [5.41, 5.74) is 1.94. The molecule has 0 bridgehead atoms. The molecule has 0 heterocycles. The van der Waals surface area contributed by atoms with E-state index in [9.17, 15) is 18.0 Å². The van der Waals surface area contributed by atoms with Crippen molar-refractivity contribution in [3.8, 4) is 5.75 Å². The predicted molar refractivity (Wildman–Crippen MR) is 165 cm³/mol. The van der Waals surface area contributed by atoms with Crippen LogP contribution in [0, 0.1) is 6.92 Å². The second-order valence-corrected chi connectivity index (χ2v) is 12.9. The van der Waals surface area contributed by atoms with Gasteiger partial charge in [-0.15, -0.1) is 0 Å². The summed E-state index contributed by atoms with van der Waals surface area (Å²) in [5, 5.41) is 3.57. The van der Waals surface area contributed by atoms with Gasteiger partial charge in [-0.2, -0.15) is 0 Å². The first-order valence-corrected chi connectivity index (χ1v) is 16.1. The average molecular weight is 612 g/mol. The number of carbonyl (C=O) groups excluding carboxylic acids is 2. The number of anilines is 1. The van der Waals surface area contributed by atoms with Crippen molar-refractivity contribution in [2.45, 2.75) is 70.0 Å². The van der Waals surface area contributed by atoms with Gasteiger partial charge < -0.3 is 15.0 Å². The van der Waals surface area contributed by atoms with Crippen LogP contribution in [-0.2, 0) is 26.2 Å². The molecule has 224 valence electrons. The summed E-state index contributed by atoms with van der Waals surface area (Å²) in [7, 11) is -4.15. The molecule has 0 saturated heterocycles. The van der Waals surface area contributed by atoms with Crippen molar-refractivity contribution in [1.82, 2.24) is 10.2 Å². The molecule has 0 radical (unpaired) electrons. The minimum absolute atomic E-state index is 0.0585. The second-order valence-electron chi connectivity index (χ2n) is 10.6. The highest BCUT2D eigenvalue weighted by molar-refractivity contribution is 7.92. The van der Waals surface area contributed by atoms with Crippen molar-refractivity contribution in [2.24, 2.45) is 0 Å². The zero-order valence-electron chi connectivity index (χ0n) is 24.3. The fourth-order valence-corrected chi connectivity index (χ4v) is 6.68. The van der Waals surface area contributed by atoms with E-state index in [1.165, 1.54) is 17.0 Å². The summed E-state index contributed by atoms with van der Waals surface area (Å²) in [6.45, 7) is 5.44. The first-order chi connectivity index (χ1) is 20.1. The van der Waals surface area contributed by atoms with Crippen molar-refractivity contribution >= 4 is 39.1 Å². The molecule has 0 unspecified atom stereocenters. The number of rotatable bonds is 12. The zero-order valence-corrected chi connectivity index (χ0v) is 25.8. The summed E-state index contributed by atoms with van der Waals surface area (Å²) in [6.07, 6.45) is 3.92. The van der Waals surface area contributed by atoms with Crippen LogP contribution >= 0.6 is 11.6 Å². The van der Waals surface area contributed by atoms with Crippen LogP contribution in [0.5, 0.6) is 5.75 Å². The maximum atomic E-state index is 14.1. The number of ether oxygens (including phenoxy) is 1. The molecule has 2 amide bonds. The van der Waals surface area contributed by atoms with E-state index < -0.39 is 28.5 Å². The molecule has 0 spiro atoms. The van der Waals surface area contributed by atoms with Gasteiger partial charge in [-0.05, 0) is 87.7 Å². The van der Waals surface area contributed by atoms with E-state index in [2.05, 4.69) is 5.32 Å². The van der Waals surface area contributed by atoms with Crippen molar-refractivity contribution in [3.63, 3.8) is 0 Å². The Labute approximate surface area is 253 Å². The van der Waals surface area contributed by atoms with Gasteiger partial charge in [0.25, 0.3) is 10.0 Å². The Bertz CT molecular complexity index is 1470. The van der Waals surface area contributed by atoms with E-state index in [1.807, 2.05) is 19.9 Å². The second kappa shape index (κ2) is 14.1. The number of benzene rings is 3. The van der Waals surface area contributed by atoms with Crippen LogP contribution in [0.15, 0.2) is 77.7 Å². The third-order valence-electron chi connectivity index (χ3n) is 7.43.